The summed E-state index contributed by atoms with van der Waals surface area (Å²) in [5.74, 6) is 2.29. The molecule has 3 nitrogen and oxygen atoms in total. The van der Waals surface area contributed by atoms with Crippen molar-refractivity contribution in [3.8, 4) is 11.5 Å². The van der Waals surface area contributed by atoms with Crippen molar-refractivity contribution in [2.75, 3.05) is 26.3 Å². The van der Waals surface area contributed by atoms with Crippen molar-refractivity contribution in [2.24, 2.45) is 11.3 Å². The maximum atomic E-state index is 5.96. The molecule has 1 unspecified atom stereocenters. The van der Waals surface area contributed by atoms with E-state index >= 15 is 0 Å². The maximum Gasteiger partial charge on any atom is 0.161 e. The minimum atomic E-state index is 0.247. The normalized spacial score (nSPS) is 14.0. The Morgan fingerprint density at radius 3 is 2.24 bits per heavy atom. The molecule has 0 aromatic heterocycles. The summed E-state index contributed by atoms with van der Waals surface area (Å²) < 4.78 is 11.6. The van der Waals surface area contributed by atoms with E-state index in [9.17, 15) is 0 Å². The highest BCUT2D eigenvalue weighted by Gasteiger charge is 2.27. The zero-order valence-corrected chi connectivity index (χ0v) is 14.2. The predicted molar refractivity (Wildman–Crippen MR) is 89.2 cm³/mol. The van der Waals surface area contributed by atoms with Crippen LogP contribution in [0.25, 0.3) is 0 Å². The first-order valence-electron chi connectivity index (χ1n) is 8.08. The van der Waals surface area contributed by atoms with E-state index in [4.69, 9.17) is 9.47 Å². The van der Waals surface area contributed by atoms with Gasteiger partial charge in [-0.25, -0.2) is 0 Å². The van der Waals surface area contributed by atoms with Gasteiger partial charge in [-0.05, 0) is 43.4 Å². The molecule has 1 aromatic carbocycles. The van der Waals surface area contributed by atoms with Crippen molar-refractivity contribution in [1.82, 2.24) is 5.32 Å². The molecular formula is C18H31NO2. The van der Waals surface area contributed by atoms with E-state index in [1.54, 1.807) is 0 Å². The number of para-hydroxylation sites is 2. The van der Waals surface area contributed by atoms with Gasteiger partial charge in [0.2, 0.25) is 0 Å². The van der Waals surface area contributed by atoms with Crippen molar-refractivity contribution in [2.45, 2.75) is 41.0 Å². The number of ether oxygens (including phenoxy) is 2. The fourth-order valence-corrected chi connectivity index (χ4v) is 2.23. The first-order chi connectivity index (χ1) is 10.0. The summed E-state index contributed by atoms with van der Waals surface area (Å²) in [4.78, 5) is 0. The van der Waals surface area contributed by atoms with Crippen LogP contribution in [0.4, 0.5) is 0 Å². The number of hydrogen-bond acceptors (Lipinski definition) is 3. The summed E-state index contributed by atoms with van der Waals surface area (Å²) in [7, 11) is 0. The highest BCUT2D eigenvalue weighted by Crippen LogP contribution is 2.32. The summed E-state index contributed by atoms with van der Waals surface area (Å²) in [6, 6.07) is 7.89. The van der Waals surface area contributed by atoms with Gasteiger partial charge in [-0.15, -0.1) is 0 Å². The van der Waals surface area contributed by atoms with E-state index in [0.29, 0.717) is 19.1 Å². The van der Waals surface area contributed by atoms with Crippen LogP contribution in [0, 0.1) is 11.3 Å². The van der Waals surface area contributed by atoms with Crippen LogP contribution in [0.2, 0.25) is 0 Å². The minimum Gasteiger partial charge on any atom is -0.490 e. The Morgan fingerprint density at radius 2 is 1.71 bits per heavy atom. The van der Waals surface area contributed by atoms with Gasteiger partial charge in [0.15, 0.2) is 11.5 Å². The first-order valence-corrected chi connectivity index (χ1v) is 8.08. The molecule has 120 valence electrons. The van der Waals surface area contributed by atoms with Gasteiger partial charge in [0.05, 0.1) is 13.2 Å². The van der Waals surface area contributed by atoms with Crippen molar-refractivity contribution in [3.05, 3.63) is 24.3 Å². The highest BCUT2D eigenvalue weighted by atomic mass is 16.5. The molecule has 21 heavy (non-hydrogen) atoms. The fraction of sp³-hybridized carbons (Fsp3) is 0.667. The van der Waals surface area contributed by atoms with E-state index in [1.165, 1.54) is 0 Å². The van der Waals surface area contributed by atoms with Crippen LogP contribution in [-0.2, 0) is 0 Å². The Bertz CT molecular complexity index is 406. The molecule has 0 saturated heterocycles. The van der Waals surface area contributed by atoms with Crippen molar-refractivity contribution < 1.29 is 9.47 Å². The summed E-state index contributed by atoms with van der Waals surface area (Å²) in [5, 5.41) is 3.47. The topological polar surface area (TPSA) is 30.5 Å². The zero-order valence-electron chi connectivity index (χ0n) is 14.2. The third-order valence-corrected chi connectivity index (χ3v) is 4.25. The van der Waals surface area contributed by atoms with Crippen LogP contribution in [0.1, 0.15) is 41.0 Å². The molecule has 0 radical (unpaired) electrons. The molecule has 0 aliphatic carbocycles. The highest BCUT2D eigenvalue weighted by molar-refractivity contribution is 5.39. The second kappa shape index (κ2) is 8.93. The van der Waals surface area contributed by atoms with Gasteiger partial charge in [-0.2, -0.15) is 0 Å². The van der Waals surface area contributed by atoms with Gasteiger partial charge < -0.3 is 14.8 Å². The average Bonchev–Trinajstić information content (AvgIpc) is 2.47. The summed E-state index contributed by atoms with van der Waals surface area (Å²) >= 11 is 0. The third-order valence-electron chi connectivity index (χ3n) is 4.25. The molecule has 0 amide bonds. The van der Waals surface area contributed by atoms with Gasteiger partial charge in [0.25, 0.3) is 0 Å². The first kappa shape index (κ1) is 17.8. The molecule has 0 heterocycles. The predicted octanol–water partition coefficient (Wildman–Crippen LogP) is 4.13. The maximum absolute atomic E-state index is 5.96. The molecule has 0 aliphatic rings. The Hall–Kier alpha value is -1.22. The molecule has 0 bridgehead atoms. The quantitative estimate of drug-likeness (QED) is 0.703. The van der Waals surface area contributed by atoms with Crippen molar-refractivity contribution >= 4 is 0 Å². The average molecular weight is 293 g/mol. The Morgan fingerprint density at radius 1 is 1.10 bits per heavy atom. The lowest BCUT2D eigenvalue weighted by Gasteiger charge is -2.34. The second-order valence-corrected chi connectivity index (χ2v) is 6.07. The van der Waals surface area contributed by atoms with Crippen LogP contribution in [0.3, 0.4) is 0 Å². The van der Waals surface area contributed by atoms with Crippen molar-refractivity contribution in [3.63, 3.8) is 0 Å². The van der Waals surface area contributed by atoms with Gasteiger partial charge >= 0.3 is 0 Å². The second-order valence-electron chi connectivity index (χ2n) is 6.07. The van der Waals surface area contributed by atoms with E-state index in [0.717, 1.165) is 31.0 Å². The smallest absolute Gasteiger partial charge is 0.161 e. The SMILES string of the molecule is CCNCC(C)(CCOc1ccccc1OCC)C(C)C. The molecule has 0 saturated carbocycles. The molecule has 3 heteroatoms. The number of benzene rings is 1. The molecule has 1 atom stereocenters. The summed E-state index contributed by atoms with van der Waals surface area (Å²) in [6.45, 7) is 14.4. The van der Waals surface area contributed by atoms with E-state index in [2.05, 4.69) is 33.0 Å². The lowest BCUT2D eigenvalue weighted by molar-refractivity contribution is 0.149. The Labute approximate surface area is 130 Å². The Balaban J connectivity index is 2.58. The Kier molecular flexibility index (Phi) is 7.58. The zero-order chi connectivity index (χ0) is 15.7. The third kappa shape index (κ3) is 5.58. The van der Waals surface area contributed by atoms with E-state index < -0.39 is 0 Å². The molecule has 0 aliphatic heterocycles. The minimum absolute atomic E-state index is 0.247. The molecule has 0 spiro atoms. The number of hydrogen-bond donors (Lipinski definition) is 1. The summed E-state index contributed by atoms with van der Waals surface area (Å²) in [6.07, 6.45) is 1.03. The van der Waals surface area contributed by atoms with Gasteiger partial charge in [0.1, 0.15) is 0 Å². The van der Waals surface area contributed by atoms with Crippen LogP contribution in [-0.4, -0.2) is 26.3 Å². The number of nitrogens with one attached hydrogen (secondary N) is 1. The lowest BCUT2D eigenvalue weighted by atomic mass is 9.76. The van der Waals surface area contributed by atoms with Gasteiger partial charge in [-0.1, -0.05) is 39.8 Å². The number of rotatable bonds is 10. The molecular weight excluding hydrogens is 262 g/mol. The van der Waals surface area contributed by atoms with Crippen LogP contribution in [0.5, 0.6) is 11.5 Å². The van der Waals surface area contributed by atoms with Gasteiger partial charge in [0, 0.05) is 6.54 Å². The van der Waals surface area contributed by atoms with Crippen LogP contribution in [0.15, 0.2) is 24.3 Å². The standard InChI is InChI=1S/C18H31NO2/c1-6-19-14-18(5,15(3)4)12-13-21-17-11-9-8-10-16(17)20-7-2/h8-11,15,19H,6-7,12-14H2,1-5H3. The van der Waals surface area contributed by atoms with Crippen LogP contribution < -0.4 is 14.8 Å². The molecule has 1 rings (SSSR count). The summed E-state index contributed by atoms with van der Waals surface area (Å²) in [5.41, 5.74) is 0.247. The van der Waals surface area contributed by atoms with E-state index in [1.807, 2.05) is 31.2 Å². The largest absolute Gasteiger partial charge is 0.490 e. The van der Waals surface area contributed by atoms with Crippen LogP contribution >= 0.6 is 0 Å². The molecule has 1 N–H and O–H groups in total. The van der Waals surface area contributed by atoms with Gasteiger partial charge in [-0.3, -0.25) is 0 Å². The van der Waals surface area contributed by atoms with E-state index in [-0.39, 0.29) is 5.41 Å². The molecule has 0 fully saturated rings. The lowest BCUT2D eigenvalue weighted by Crippen LogP contribution is -2.37. The monoisotopic (exact) mass is 293 g/mol. The van der Waals surface area contributed by atoms with Crippen molar-refractivity contribution in [1.29, 1.82) is 0 Å². The fourth-order valence-electron chi connectivity index (χ4n) is 2.23. The molecule has 1 aromatic rings.